The number of hydrogen-bond acceptors (Lipinski definition) is 1. The largest absolute Gasteiger partial charge is 0.351 e. The third kappa shape index (κ3) is 3.13. The quantitative estimate of drug-likeness (QED) is 0.826. The molecule has 1 atom stereocenters. The van der Waals surface area contributed by atoms with E-state index in [-0.39, 0.29) is 11.3 Å². The first kappa shape index (κ1) is 11.7. The minimum absolute atomic E-state index is 0.0660. The number of benzene rings is 1. The van der Waals surface area contributed by atoms with Crippen molar-refractivity contribution in [2.75, 3.05) is 6.54 Å². The van der Waals surface area contributed by atoms with Crippen molar-refractivity contribution in [3.63, 3.8) is 0 Å². The number of hydrogen-bond donors (Lipinski definition) is 1. The van der Waals surface area contributed by atoms with Crippen molar-refractivity contribution in [3.05, 3.63) is 34.9 Å². The van der Waals surface area contributed by atoms with Gasteiger partial charge in [-0.2, -0.15) is 0 Å². The smallest absolute Gasteiger partial charge is 0.251 e. The average Bonchev–Trinajstić information content (AvgIpc) is 3.10. The molecule has 1 unspecified atom stereocenters. The molecule has 1 N–H and O–H groups in total. The van der Waals surface area contributed by atoms with E-state index < -0.39 is 0 Å². The Balaban J connectivity index is 1.85. The zero-order chi connectivity index (χ0) is 11.5. The predicted molar refractivity (Wildman–Crippen MR) is 66.2 cm³/mol. The summed E-state index contributed by atoms with van der Waals surface area (Å²) in [5.74, 6) is 0.496. The van der Waals surface area contributed by atoms with Crippen LogP contribution in [0.2, 0.25) is 5.02 Å². The Labute approximate surface area is 105 Å². The SMILES string of the molecule is O=C(NCC(Cl)C1CC1)c1ccc(Cl)cc1. The Morgan fingerprint density at radius 2 is 2.00 bits per heavy atom. The molecule has 1 aliphatic carbocycles. The molecule has 16 heavy (non-hydrogen) atoms. The van der Waals surface area contributed by atoms with Gasteiger partial charge in [0.1, 0.15) is 0 Å². The van der Waals surface area contributed by atoms with Crippen LogP contribution in [0.3, 0.4) is 0 Å². The zero-order valence-corrected chi connectivity index (χ0v) is 10.3. The highest BCUT2D eigenvalue weighted by Gasteiger charge is 2.29. The molecular formula is C12H13Cl2NO. The van der Waals surface area contributed by atoms with Gasteiger partial charge in [0.05, 0.1) is 5.38 Å². The molecule has 1 fully saturated rings. The van der Waals surface area contributed by atoms with E-state index in [2.05, 4.69) is 5.32 Å². The molecule has 1 aromatic rings. The summed E-state index contributed by atoms with van der Waals surface area (Å²) in [6.45, 7) is 0.535. The van der Waals surface area contributed by atoms with E-state index in [0.29, 0.717) is 23.0 Å². The van der Waals surface area contributed by atoms with Crippen molar-refractivity contribution in [2.24, 2.45) is 5.92 Å². The van der Waals surface area contributed by atoms with Crippen molar-refractivity contribution >= 4 is 29.1 Å². The number of carbonyl (C=O) groups is 1. The van der Waals surface area contributed by atoms with Gasteiger partial charge in [0.2, 0.25) is 0 Å². The Morgan fingerprint density at radius 3 is 2.56 bits per heavy atom. The van der Waals surface area contributed by atoms with Crippen molar-refractivity contribution in [1.29, 1.82) is 0 Å². The highest BCUT2D eigenvalue weighted by atomic mass is 35.5. The summed E-state index contributed by atoms with van der Waals surface area (Å²) in [5, 5.41) is 3.52. The van der Waals surface area contributed by atoms with E-state index in [1.807, 2.05) is 0 Å². The number of halogens is 2. The van der Waals surface area contributed by atoms with Crippen LogP contribution in [-0.4, -0.2) is 17.8 Å². The van der Waals surface area contributed by atoms with Gasteiger partial charge < -0.3 is 5.32 Å². The first-order chi connectivity index (χ1) is 7.66. The second-order valence-electron chi connectivity index (χ2n) is 4.07. The van der Waals surface area contributed by atoms with Crippen LogP contribution in [0, 0.1) is 5.92 Å². The Bertz CT molecular complexity index is 373. The maximum absolute atomic E-state index is 11.7. The Hall–Kier alpha value is -0.730. The van der Waals surface area contributed by atoms with E-state index in [4.69, 9.17) is 23.2 Å². The second kappa shape index (κ2) is 5.07. The molecule has 1 amide bonds. The van der Waals surface area contributed by atoms with Crippen molar-refractivity contribution < 1.29 is 4.79 Å². The first-order valence-electron chi connectivity index (χ1n) is 5.34. The summed E-state index contributed by atoms with van der Waals surface area (Å²) in [6, 6.07) is 6.82. The van der Waals surface area contributed by atoms with E-state index in [1.54, 1.807) is 24.3 Å². The summed E-state index contributed by atoms with van der Waals surface area (Å²) in [6.07, 6.45) is 2.37. The molecule has 86 valence electrons. The number of carbonyl (C=O) groups excluding carboxylic acids is 1. The van der Waals surface area contributed by atoms with Crippen LogP contribution in [0.4, 0.5) is 0 Å². The maximum atomic E-state index is 11.7. The van der Waals surface area contributed by atoms with Crippen LogP contribution in [0.25, 0.3) is 0 Å². The van der Waals surface area contributed by atoms with E-state index >= 15 is 0 Å². The number of amides is 1. The maximum Gasteiger partial charge on any atom is 0.251 e. The van der Waals surface area contributed by atoms with Gasteiger partial charge in [0.25, 0.3) is 5.91 Å². The van der Waals surface area contributed by atoms with Gasteiger partial charge in [-0.3, -0.25) is 4.79 Å². The first-order valence-corrected chi connectivity index (χ1v) is 6.16. The molecule has 0 aromatic heterocycles. The molecule has 2 rings (SSSR count). The lowest BCUT2D eigenvalue weighted by molar-refractivity contribution is 0.0953. The van der Waals surface area contributed by atoms with Crippen LogP contribution < -0.4 is 5.32 Å². The van der Waals surface area contributed by atoms with E-state index in [1.165, 1.54) is 12.8 Å². The molecule has 0 saturated heterocycles. The lowest BCUT2D eigenvalue weighted by atomic mass is 10.2. The van der Waals surface area contributed by atoms with E-state index in [0.717, 1.165) is 0 Å². The third-order valence-corrected chi connectivity index (χ3v) is 3.46. The van der Waals surface area contributed by atoms with E-state index in [9.17, 15) is 4.79 Å². The van der Waals surface area contributed by atoms with Gasteiger partial charge in [0.15, 0.2) is 0 Å². The summed E-state index contributed by atoms with van der Waals surface area (Å²) >= 11 is 11.8. The lowest BCUT2D eigenvalue weighted by Crippen LogP contribution is -2.30. The third-order valence-electron chi connectivity index (χ3n) is 2.70. The van der Waals surface area contributed by atoms with Crippen molar-refractivity contribution in [2.45, 2.75) is 18.2 Å². The monoisotopic (exact) mass is 257 g/mol. The van der Waals surface area contributed by atoms with Crippen LogP contribution in [0.5, 0.6) is 0 Å². The molecule has 0 bridgehead atoms. The predicted octanol–water partition coefficient (Wildman–Crippen LogP) is 3.09. The highest BCUT2D eigenvalue weighted by molar-refractivity contribution is 6.30. The molecule has 4 heteroatoms. The molecule has 1 aliphatic rings. The number of nitrogens with one attached hydrogen (secondary N) is 1. The van der Waals surface area contributed by atoms with Crippen LogP contribution in [0.1, 0.15) is 23.2 Å². The summed E-state index contributed by atoms with van der Waals surface area (Å²) < 4.78 is 0. The van der Waals surface area contributed by atoms with Gasteiger partial charge in [-0.1, -0.05) is 11.6 Å². The molecule has 1 aromatic carbocycles. The number of rotatable bonds is 4. The van der Waals surface area contributed by atoms with Gasteiger partial charge in [-0.25, -0.2) is 0 Å². The van der Waals surface area contributed by atoms with Crippen molar-refractivity contribution in [3.8, 4) is 0 Å². The van der Waals surface area contributed by atoms with Gasteiger partial charge in [0, 0.05) is 17.1 Å². The summed E-state index contributed by atoms with van der Waals surface area (Å²) in [5.41, 5.74) is 0.615. The topological polar surface area (TPSA) is 29.1 Å². The fraction of sp³-hybridized carbons (Fsp3) is 0.417. The summed E-state index contributed by atoms with van der Waals surface area (Å²) in [4.78, 5) is 11.7. The highest BCUT2D eigenvalue weighted by Crippen LogP contribution is 2.35. The lowest BCUT2D eigenvalue weighted by Gasteiger charge is -2.09. The minimum Gasteiger partial charge on any atom is -0.351 e. The fourth-order valence-corrected chi connectivity index (χ4v) is 1.97. The molecule has 1 saturated carbocycles. The number of alkyl halides is 1. The standard InChI is InChI=1S/C12H13Cl2NO/c13-10-5-3-9(4-6-10)12(16)15-7-11(14)8-1-2-8/h3-6,8,11H,1-2,7H2,(H,15,16). The molecular weight excluding hydrogens is 245 g/mol. The summed E-state index contributed by atoms with van der Waals surface area (Å²) in [7, 11) is 0. The second-order valence-corrected chi connectivity index (χ2v) is 5.07. The molecule has 0 aliphatic heterocycles. The Morgan fingerprint density at radius 1 is 1.38 bits per heavy atom. The minimum atomic E-state index is -0.0945. The van der Waals surface area contributed by atoms with Gasteiger partial charge in [-0.05, 0) is 43.0 Å². The molecule has 2 nitrogen and oxygen atoms in total. The zero-order valence-electron chi connectivity index (χ0n) is 8.75. The van der Waals surface area contributed by atoms with Gasteiger partial charge >= 0.3 is 0 Å². The Kier molecular flexibility index (Phi) is 3.72. The molecule has 0 spiro atoms. The molecule has 0 radical (unpaired) electrons. The normalized spacial score (nSPS) is 16.9. The van der Waals surface area contributed by atoms with Gasteiger partial charge in [-0.15, -0.1) is 11.6 Å². The average molecular weight is 258 g/mol. The van der Waals surface area contributed by atoms with Crippen LogP contribution >= 0.6 is 23.2 Å². The van der Waals surface area contributed by atoms with Crippen molar-refractivity contribution in [1.82, 2.24) is 5.32 Å². The van der Waals surface area contributed by atoms with Crippen LogP contribution in [-0.2, 0) is 0 Å². The van der Waals surface area contributed by atoms with Crippen LogP contribution in [0.15, 0.2) is 24.3 Å². The molecule has 0 heterocycles. The fourth-order valence-electron chi connectivity index (χ4n) is 1.52.